The summed E-state index contributed by atoms with van der Waals surface area (Å²) in [5.41, 5.74) is 4.61. The Bertz CT molecular complexity index is 1980. The normalized spacial score (nSPS) is 11.5. The van der Waals surface area contributed by atoms with Crippen molar-refractivity contribution in [3.63, 3.8) is 0 Å². The van der Waals surface area contributed by atoms with Crippen LogP contribution in [-0.4, -0.2) is 8.07 Å². The molecule has 0 saturated carbocycles. The van der Waals surface area contributed by atoms with Crippen LogP contribution >= 0.6 is 0 Å². The molecule has 1 aromatic heterocycles. The second kappa shape index (κ2) is 9.85. The van der Waals surface area contributed by atoms with E-state index in [9.17, 15) is 0 Å². The van der Waals surface area contributed by atoms with Crippen LogP contribution in [0.2, 0.25) is 0 Å². The summed E-state index contributed by atoms with van der Waals surface area (Å²) in [5, 5.41) is 7.53. The molecule has 40 heavy (non-hydrogen) atoms. The monoisotopic (exact) mass is 527 g/mol. The molecule has 7 aromatic rings. The SMILES string of the molecule is [C-]#[N+]c1cccc(-c2cccc([Si](c3ccccc3)(c3ccccc3)c3cccc4oc5ccccc5c34)c2)c1. The summed E-state index contributed by atoms with van der Waals surface area (Å²) in [4.78, 5) is 3.68. The van der Waals surface area contributed by atoms with Crippen LogP contribution in [0.25, 0.3) is 37.9 Å². The smallest absolute Gasteiger partial charge is 0.187 e. The van der Waals surface area contributed by atoms with Gasteiger partial charge in [0.1, 0.15) is 11.2 Å². The third kappa shape index (κ3) is 3.78. The quantitative estimate of drug-likeness (QED) is 0.132. The van der Waals surface area contributed by atoms with Gasteiger partial charge in [0.25, 0.3) is 0 Å². The molecule has 7 rings (SSSR count). The molecule has 0 aliphatic heterocycles. The van der Waals surface area contributed by atoms with E-state index in [1.165, 1.54) is 26.1 Å². The Kier molecular flexibility index (Phi) is 5.89. The minimum Gasteiger partial charge on any atom is -0.456 e. The Morgan fingerprint density at radius 2 is 1.07 bits per heavy atom. The van der Waals surface area contributed by atoms with Crippen molar-refractivity contribution in [2.24, 2.45) is 0 Å². The summed E-state index contributed by atoms with van der Waals surface area (Å²) in [6.07, 6.45) is 0. The van der Waals surface area contributed by atoms with Crippen LogP contribution in [0.4, 0.5) is 5.69 Å². The Morgan fingerprint density at radius 1 is 0.500 bits per heavy atom. The van der Waals surface area contributed by atoms with Crippen LogP contribution in [0.3, 0.4) is 0 Å². The molecule has 0 amide bonds. The molecule has 0 bridgehead atoms. The summed E-state index contributed by atoms with van der Waals surface area (Å²) in [6.45, 7) is 7.53. The van der Waals surface area contributed by atoms with Gasteiger partial charge in [-0.25, -0.2) is 4.85 Å². The molecule has 0 aliphatic carbocycles. The lowest BCUT2D eigenvalue weighted by Gasteiger charge is -2.35. The van der Waals surface area contributed by atoms with Crippen LogP contribution in [-0.2, 0) is 0 Å². The van der Waals surface area contributed by atoms with E-state index in [0.717, 1.165) is 27.7 Å². The summed E-state index contributed by atoms with van der Waals surface area (Å²) < 4.78 is 6.41. The molecule has 0 spiro atoms. The standard InChI is InChI=1S/C37H25NOSi/c1-38-29-15-10-13-27(25-29)28-14-11-20-32(26-28)40(30-16-4-2-5-17-30,31-18-6-3-7-19-31)36-24-12-23-35-37(36)33-21-8-9-22-34(33)39-35/h2-26H. The fourth-order valence-electron chi connectivity index (χ4n) is 6.12. The van der Waals surface area contributed by atoms with E-state index in [-0.39, 0.29) is 0 Å². The van der Waals surface area contributed by atoms with Gasteiger partial charge in [-0.15, -0.1) is 0 Å². The van der Waals surface area contributed by atoms with Crippen LogP contribution in [0.5, 0.6) is 0 Å². The zero-order valence-electron chi connectivity index (χ0n) is 21.8. The average Bonchev–Trinajstić information content (AvgIpc) is 3.42. The highest BCUT2D eigenvalue weighted by Crippen LogP contribution is 2.30. The Hall–Kier alpha value is -5.17. The molecule has 0 radical (unpaired) electrons. The Morgan fingerprint density at radius 3 is 1.80 bits per heavy atom. The van der Waals surface area contributed by atoms with Crippen LogP contribution in [0, 0.1) is 6.57 Å². The molecule has 0 saturated heterocycles. The lowest BCUT2D eigenvalue weighted by molar-refractivity contribution is 0.669. The minimum atomic E-state index is -2.85. The molecule has 1 heterocycles. The Labute approximate surface area is 234 Å². The van der Waals surface area contributed by atoms with Crippen molar-refractivity contribution in [1.82, 2.24) is 0 Å². The number of nitrogens with zero attached hydrogens (tertiary/aromatic N) is 1. The van der Waals surface area contributed by atoms with Crippen molar-refractivity contribution >= 4 is 56.4 Å². The van der Waals surface area contributed by atoms with Gasteiger partial charge in [0.15, 0.2) is 13.8 Å². The van der Waals surface area contributed by atoms with E-state index in [1.807, 2.05) is 24.3 Å². The van der Waals surface area contributed by atoms with Gasteiger partial charge in [-0.3, -0.25) is 0 Å². The number of hydrogen-bond acceptors (Lipinski definition) is 1. The zero-order chi connectivity index (χ0) is 26.9. The van der Waals surface area contributed by atoms with E-state index in [1.54, 1.807) is 0 Å². The molecule has 2 nitrogen and oxygen atoms in total. The van der Waals surface area contributed by atoms with Crippen molar-refractivity contribution in [3.05, 3.63) is 163 Å². The largest absolute Gasteiger partial charge is 0.456 e. The first-order valence-corrected chi connectivity index (χ1v) is 15.4. The fraction of sp³-hybridized carbons (Fsp3) is 0. The van der Waals surface area contributed by atoms with E-state index < -0.39 is 8.07 Å². The number of para-hydroxylation sites is 1. The van der Waals surface area contributed by atoms with Gasteiger partial charge in [0.2, 0.25) is 0 Å². The third-order valence-corrected chi connectivity index (χ3v) is 12.6. The van der Waals surface area contributed by atoms with E-state index >= 15 is 0 Å². The lowest BCUT2D eigenvalue weighted by Crippen LogP contribution is -2.74. The summed E-state index contributed by atoms with van der Waals surface area (Å²) >= 11 is 0. The number of fused-ring (bicyclic) bond motifs is 3. The van der Waals surface area contributed by atoms with Crippen molar-refractivity contribution in [3.8, 4) is 11.1 Å². The van der Waals surface area contributed by atoms with Gasteiger partial charge in [0, 0.05) is 10.8 Å². The molecule has 6 aromatic carbocycles. The van der Waals surface area contributed by atoms with Gasteiger partial charge in [-0.05, 0) is 50.1 Å². The third-order valence-electron chi connectivity index (χ3n) is 7.82. The summed E-state index contributed by atoms with van der Waals surface area (Å²) in [6, 6.07) is 53.6. The fourth-order valence-corrected chi connectivity index (χ4v) is 11.1. The topological polar surface area (TPSA) is 17.5 Å². The maximum atomic E-state index is 7.53. The second-order valence-electron chi connectivity index (χ2n) is 10.0. The highest BCUT2D eigenvalue weighted by molar-refractivity contribution is 7.20. The van der Waals surface area contributed by atoms with Gasteiger partial charge >= 0.3 is 0 Å². The highest BCUT2D eigenvalue weighted by atomic mass is 28.3. The van der Waals surface area contributed by atoms with Crippen LogP contribution in [0.1, 0.15) is 0 Å². The minimum absolute atomic E-state index is 0.646. The average molecular weight is 528 g/mol. The Balaban J connectivity index is 1.63. The molecule has 0 N–H and O–H groups in total. The molecular formula is C37H25NOSi. The molecule has 0 fully saturated rings. The van der Waals surface area contributed by atoms with Gasteiger partial charge < -0.3 is 4.42 Å². The summed E-state index contributed by atoms with van der Waals surface area (Å²) in [5.74, 6) is 0. The number of furan rings is 1. The van der Waals surface area contributed by atoms with E-state index in [2.05, 4.69) is 132 Å². The summed E-state index contributed by atoms with van der Waals surface area (Å²) in [7, 11) is -2.85. The van der Waals surface area contributed by atoms with Crippen molar-refractivity contribution in [2.75, 3.05) is 0 Å². The second-order valence-corrected chi connectivity index (χ2v) is 13.8. The van der Waals surface area contributed by atoms with Gasteiger partial charge in [0.05, 0.1) is 6.57 Å². The van der Waals surface area contributed by atoms with Crippen LogP contribution in [0.15, 0.2) is 156 Å². The molecule has 0 atom stereocenters. The first-order chi connectivity index (χ1) is 19.8. The van der Waals surface area contributed by atoms with Crippen molar-refractivity contribution < 1.29 is 4.42 Å². The van der Waals surface area contributed by atoms with Crippen LogP contribution < -0.4 is 20.7 Å². The highest BCUT2D eigenvalue weighted by Gasteiger charge is 2.43. The lowest BCUT2D eigenvalue weighted by atomic mass is 10.1. The molecule has 188 valence electrons. The predicted molar refractivity (Wildman–Crippen MR) is 169 cm³/mol. The van der Waals surface area contributed by atoms with Gasteiger partial charge in [-0.1, -0.05) is 133 Å². The van der Waals surface area contributed by atoms with Gasteiger partial charge in [-0.2, -0.15) is 0 Å². The molecule has 0 aliphatic rings. The molecular weight excluding hydrogens is 502 g/mol. The molecule has 3 heteroatoms. The number of rotatable bonds is 5. The number of hydrogen-bond donors (Lipinski definition) is 0. The van der Waals surface area contributed by atoms with E-state index in [4.69, 9.17) is 11.0 Å². The van der Waals surface area contributed by atoms with E-state index in [0.29, 0.717) is 5.69 Å². The zero-order valence-corrected chi connectivity index (χ0v) is 22.8. The number of benzene rings is 6. The first kappa shape index (κ1) is 23.9. The van der Waals surface area contributed by atoms with Crippen molar-refractivity contribution in [2.45, 2.75) is 0 Å². The maximum Gasteiger partial charge on any atom is 0.187 e. The molecule has 0 unspecified atom stereocenters. The maximum absolute atomic E-state index is 7.53. The first-order valence-electron chi connectivity index (χ1n) is 13.4. The predicted octanol–water partition coefficient (Wildman–Crippen LogP) is 7.18. The van der Waals surface area contributed by atoms with Crippen molar-refractivity contribution in [1.29, 1.82) is 0 Å².